The van der Waals surface area contributed by atoms with Crippen LogP contribution in [0.15, 0.2) is 5.38 Å². The molecule has 2 amide bonds. The minimum Gasteiger partial charge on any atom is -0.355 e. The normalized spacial score (nSPS) is 18.9. The summed E-state index contributed by atoms with van der Waals surface area (Å²) in [6.07, 6.45) is 1.78. The molecule has 22 heavy (non-hydrogen) atoms. The Balaban J connectivity index is 1.79. The lowest BCUT2D eigenvalue weighted by molar-refractivity contribution is -0.127. The summed E-state index contributed by atoms with van der Waals surface area (Å²) in [6, 6.07) is 0. The van der Waals surface area contributed by atoms with Crippen LogP contribution in [-0.4, -0.2) is 54.4 Å². The Kier molecular flexibility index (Phi) is 6.29. The van der Waals surface area contributed by atoms with E-state index in [9.17, 15) is 9.59 Å². The average molecular weight is 325 g/mol. The van der Waals surface area contributed by atoms with E-state index in [1.165, 1.54) is 11.3 Å². The standard InChI is InChI=1S/C14H23N5O2S/c1-10-9-22-14(17-10)18-12(20)8-19-6-2-3-11(7-19)13(21)16-5-4-15/h9,11H,2-8,15H2,1H3,(H,16,21)(H,17,18,20). The first kappa shape index (κ1) is 16.9. The zero-order chi connectivity index (χ0) is 15.9. The van der Waals surface area contributed by atoms with Gasteiger partial charge in [0.2, 0.25) is 11.8 Å². The maximum atomic E-state index is 12.0. The van der Waals surface area contributed by atoms with Gasteiger partial charge in [0.05, 0.1) is 18.2 Å². The molecule has 0 spiro atoms. The molecule has 0 bridgehead atoms. The predicted octanol–water partition coefficient (Wildman–Crippen LogP) is 0.177. The van der Waals surface area contributed by atoms with E-state index >= 15 is 0 Å². The number of anilines is 1. The molecule has 1 fully saturated rings. The number of aromatic nitrogens is 1. The second-order valence-electron chi connectivity index (χ2n) is 5.50. The smallest absolute Gasteiger partial charge is 0.240 e. The van der Waals surface area contributed by atoms with Crippen molar-refractivity contribution in [3.05, 3.63) is 11.1 Å². The highest BCUT2D eigenvalue weighted by Crippen LogP contribution is 2.17. The molecule has 1 aliphatic rings. The molecule has 0 aliphatic carbocycles. The number of nitrogens with one attached hydrogen (secondary N) is 2. The summed E-state index contributed by atoms with van der Waals surface area (Å²) in [6.45, 7) is 4.57. The van der Waals surface area contributed by atoms with Gasteiger partial charge in [-0.2, -0.15) is 0 Å². The van der Waals surface area contributed by atoms with Crippen LogP contribution in [0, 0.1) is 12.8 Å². The number of carbonyl (C=O) groups excluding carboxylic acids is 2. The monoisotopic (exact) mass is 325 g/mol. The molecular weight excluding hydrogens is 302 g/mol. The Labute approximate surface area is 134 Å². The third-order valence-electron chi connectivity index (χ3n) is 3.55. The summed E-state index contributed by atoms with van der Waals surface area (Å²) in [5.74, 6) is -0.112. The van der Waals surface area contributed by atoms with Gasteiger partial charge in [0.1, 0.15) is 0 Å². The molecule has 0 saturated carbocycles. The van der Waals surface area contributed by atoms with Gasteiger partial charge < -0.3 is 16.4 Å². The van der Waals surface area contributed by atoms with Crippen LogP contribution in [0.2, 0.25) is 0 Å². The third kappa shape index (κ3) is 5.04. The Morgan fingerprint density at radius 1 is 1.55 bits per heavy atom. The number of likely N-dealkylation sites (tertiary alicyclic amines) is 1. The molecule has 8 heteroatoms. The maximum Gasteiger partial charge on any atom is 0.240 e. The van der Waals surface area contributed by atoms with Gasteiger partial charge in [0, 0.05) is 25.0 Å². The fraction of sp³-hybridized carbons (Fsp3) is 0.643. The summed E-state index contributed by atoms with van der Waals surface area (Å²) in [7, 11) is 0. The van der Waals surface area contributed by atoms with Crippen molar-refractivity contribution in [1.29, 1.82) is 0 Å². The third-order valence-corrected chi connectivity index (χ3v) is 4.43. The average Bonchev–Trinajstić information content (AvgIpc) is 2.90. The van der Waals surface area contributed by atoms with Crippen LogP contribution in [-0.2, 0) is 9.59 Å². The molecule has 1 saturated heterocycles. The molecule has 0 aromatic carbocycles. The molecule has 2 rings (SSSR count). The minimum absolute atomic E-state index is 0.0334. The molecule has 0 radical (unpaired) electrons. The van der Waals surface area contributed by atoms with Crippen LogP contribution in [0.4, 0.5) is 5.13 Å². The lowest BCUT2D eigenvalue weighted by Crippen LogP contribution is -2.46. The number of hydrogen-bond donors (Lipinski definition) is 3. The van der Waals surface area contributed by atoms with Crippen molar-refractivity contribution >= 4 is 28.3 Å². The van der Waals surface area contributed by atoms with E-state index in [0.717, 1.165) is 25.1 Å². The van der Waals surface area contributed by atoms with Gasteiger partial charge in [-0.25, -0.2) is 4.98 Å². The van der Waals surface area contributed by atoms with Crippen LogP contribution < -0.4 is 16.4 Å². The van der Waals surface area contributed by atoms with E-state index in [1.54, 1.807) is 0 Å². The molecule has 1 aromatic heterocycles. The van der Waals surface area contributed by atoms with E-state index in [1.807, 2.05) is 17.2 Å². The zero-order valence-electron chi connectivity index (χ0n) is 12.8. The van der Waals surface area contributed by atoms with Gasteiger partial charge in [-0.3, -0.25) is 14.5 Å². The van der Waals surface area contributed by atoms with E-state index in [0.29, 0.717) is 31.3 Å². The summed E-state index contributed by atoms with van der Waals surface area (Å²) < 4.78 is 0. The topological polar surface area (TPSA) is 100 Å². The Morgan fingerprint density at radius 3 is 3.05 bits per heavy atom. The number of carbonyl (C=O) groups is 2. The van der Waals surface area contributed by atoms with Crippen molar-refractivity contribution in [2.24, 2.45) is 11.7 Å². The minimum atomic E-state index is -0.0858. The van der Waals surface area contributed by atoms with Crippen molar-refractivity contribution in [2.45, 2.75) is 19.8 Å². The molecule has 7 nitrogen and oxygen atoms in total. The number of aryl methyl sites for hydroxylation is 1. The number of amides is 2. The summed E-state index contributed by atoms with van der Waals surface area (Å²) >= 11 is 1.42. The second-order valence-corrected chi connectivity index (χ2v) is 6.35. The zero-order valence-corrected chi connectivity index (χ0v) is 13.6. The first-order valence-electron chi connectivity index (χ1n) is 7.50. The number of thiazole rings is 1. The van der Waals surface area contributed by atoms with Gasteiger partial charge >= 0.3 is 0 Å². The van der Waals surface area contributed by atoms with Crippen LogP contribution in [0.3, 0.4) is 0 Å². The molecule has 122 valence electrons. The summed E-state index contributed by atoms with van der Waals surface area (Å²) in [5.41, 5.74) is 6.29. The SMILES string of the molecule is Cc1csc(NC(=O)CN2CCCC(C(=O)NCCN)C2)n1. The number of hydrogen-bond acceptors (Lipinski definition) is 6. The van der Waals surface area contributed by atoms with Gasteiger partial charge in [-0.15, -0.1) is 11.3 Å². The lowest BCUT2D eigenvalue weighted by atomic mass is 9.97. The van der Waals surface area contributed by atoms with Crippen LogP contribution in [0.25, 0.3) is 0 Å². The first-order valence-corrected chi connectivity index (χ1v) is 8.38. The summed E-state index contributed by atoms with van der Waals surface area (Å²) in [5, 5.41) is 8.14. The van der Waals surface area contributed by atoms with Gasteiger partial charge in [-0.05, 0) is 26.3 Å². The van der Waals surface area contributed by atoms with Crippen molar-refractivity contribution in [2.75, 3.05) is 38.0 Å². The molecule has 1 aromatic rings. The Hall–Kier alpha value is -1.51. The van der Waals surface area contributed by atoms with Crippen molar-refractivity contribution < 1.29 is 9.59 Å². The molecule has 1 atom stereocenters. The van der Waals surface area contributed by atoms with Crippen LogP contribution in [0.5, 0.6) is 0 Å². The maximum absolute atomic E-state index is 12.0. The second kappa shape index (κ2) is 8.21. The van der Waals surface area contributed by atoms with Gasteiger partial charge in [0.15, 0.2) is 5.13 Å². The quantitative estimate of drug-likeness (QED) is 0.692. The fourth-order valence-corrected chi connectivity index (χ4v) is 3.23. The number of piperidine rings is 1. The Bertz CT molecular complexity index is 519. The van der Waals surface area contributed by atoms with Crippen molar-refractivity contribution in [3.63, 3.8) is 0 Å². The fourth-order valence-electron chi connectivity index (χ4n) is 2.53. The van der Waals surface area contributed by atoms with Crippen LogP contribution in [0.1, 0.15) is 18.5 Å². The highest BCUT2D eigenvalue weighted by molar-refractivity contribution is 7.13. The van der Waals surface area contributed by atoms with E-state index in [2.05, 4.69) is 15.6 Å². The molecule has 4 N–H and O–H groups in total. The first-order chi connectivity index (χ1) is 10.6. The molecule has 1 unspecified atom stereocenters. The van der Waals surface area contributed by atoms with Gasteiger partial charge in [-0.1, -0.05) is 0 Å². The largest absolute Gasteiger partial charge is 0.355 e. The molecular formula is C14H23N5O2S. The van der Waals surface area contributed by atoms with E-state index < -0.39 is 0 Å². The van der Waals surface area contributed by atoms with Crippen LogP contribution >= 0.6 is 11.3 Å². The number of nitrogens with zero attached hydrogens (tertiary/aromatic N) is 2. The molecule has 2 heterocycles. The molecule has 1 aliphatic heterocycles. The predicted molar refractivity (Wildman–Crippen MR) is 86.7 cm³/mol. The van der Waals surface area contributed by atoms with E-state index in [-0.39, 0.29) is 17.7 Å². The Morgan fingerprint density at radius 2 is 2.36 bits per heavy atom. The summed E-state index contributed by atoms with van der Waals surface area (Å²) in [4.78, 5) is 30.2. The van der Waals surface area contributed by atoms with Crippen molar-refractivity contribution in [1.82, 2.24) is 15.2 Å². The lowest BCUT2D eigenvalue weighted by Gasteiger charge is -2.31. The number of nitrogens with two attached hydrogens (primary N) is 1. The highest BCUT2D eigenvalue weighted by Gasteiger charge is 2.26. The van der Waals surface area contributed by atoms with Crippen molar-refractivity contribution in [3.8, 4) is 0 Å². The van der Waals surface area contributed by atoms with Gasteiger partial charge in [0.25, 0.3) is 0 Å². The highest BCUT2D eigenvalue weighted by atomic mass is 32.1. The number of rotatable bonds is 6. The van der Waals surface area contributed by atoms with E-state index in [4.69, 9.17) is 5.73 Å².